The van der Waals surface area contributed by atoms with Crippen molar-refractivity contribution in [2.24, 2.45) is 5.16 Å². The van der Waals surface area contributed by atoms with E-state index in [0.29, 0.717) is 46.3 Å². The molecule has 0 radical (unpaired) electrons. The van der Waals surface area contributed by atoms with Gasteiger partial charge < -0.3 is 29.8 Å². The number of esters is 1. The fourth-order valence-corrected chi connectivity index (χ4v) is 10.4. The smallest absolute Gasteiger partial charge is 0.352 e. The SMILES string of the molecule is CO/N=C(\C(=O)NC1C(=O)N2C(C(=O)O)=C(C[N+]3(C)Cc4ccc(OC(C)=O)cc4C3)CS[C@H]12)c1csc(NC(c2ccccc2)(c2ccccc2)c2ccccc2)n1. The van der Waals surface area contributed by atoms with E-state index in [1.165, 1.54) is 42.0 Å². The molecule has 3 atom stereocenters. The number of benzene rings is 4. The van der Waals surface area contributed by atoms with Crippen LogP contribution in [0.15, 0.2) is 131 Å². The third-order valence-electron chi connectivity index (χ3n) is 10.7. The molecule has 2 unspecified atom stereocenters. The van der Waals surface area contributed by atoms with Crippen molar-refractivity contribution in [3.05, 3.63) is 159 Å². The van der Waals surface area contributed by atoms with E-state index in [1.807, 2.05) is 73.8 Å². The molecule has 3 aliphatic heterocycles. The zero-order valence-electron chi connectivity index (χ0n) is 32.5. The minimum atomic E-state index is -1.20. The first-order valence-electron chi connectivity index (χ1n) is 18.9. The largest absolute Gasteiger partial charge is 0.477 e. The molecule has 1 fully saturated rings. The highest BCUT2D eigenvalue weighted by Crippen LogP contribution is 2.43. The zero-order valence-corrected chi connectivity index (χ0v) is 34.1. The second kappa shape index (κ2) is 16.2. The summed E-state index contributed by atoms with van der Waals surface area (Å²) in [6.07, 6.45) is 0. The zero-order chi connectivity index (χ0) is 41.3. The summed E-state index contributed by atoms with van der Waals surface area (Å²) in [6, 6.07) is 34.7. The van der Waals surface area contributed by atoms with Crippen LogP contribution in [0.4, 0.5) is 5.13 Å². The first kappa shape index (κ1) is 39.5. The summed E-state index contributed by atoms with van der Waals surface area (Å²) in [6.45, 7) is 2.99. The molecule has 4 aromatic carbocycles. The summed E-state index contributed by atoms with van der Waals surface area (Å²) in [5, 5.41) is 22.5. The van der Waals surface area contributed by atoms with Gasteiger partial charge in [-0.3, -0.25) is 19.3 Å². The monoisotopic (exact) mass is 829 g/mol. The molecule has 1 aromatic heterocycles. The van der Waals surface area contributed by atoms with Crippen LogP contribution in [0.3, 0.4) is 0 Å². The summed E-state index contributed by atoms with van der Waals surface area (Å²) in [4.78, 5) is 63.2. The molecule has 4 heterocycles. The predicted molar refractivity (Wildman–Crippen MR) is 224 cm³/mol. The van der Waals surface area contributed by atoms with Crippen LogP contribution in [-0.4, -0.2) is 86.8 Å². The average Bonchev–Trinajstić information content (AvgIpc) is 3.84. The van der Waals surface area contributed by atoms with Crippen molar-refractivity contribution in [2.75, 3.05) is 31.8 Å². The fraction of sp³-hybridized carbons (Fsp3) is 0.227. The minimum absolute atomic E-state index is 0.0557. The molecule has 0 aliphatic carbocycles. The topological polar surface area (TPSA) is 160 Å². The Morgan fingerprint density at radius 3 is 2.12 bits per heavy atom. The molecular formula is C44H41N6O7S2+. The molecule has 13 nitrogen and oxygen atoms in total. The highest BCUT2D eigenvalue weighted by atomic mass is 32.2. The van der Waals surface area contributed by atoms with E-state index in [0.717, 1.165) is 27.8 Å². The maximum atomic E-state index is 13.9. The number of anilines is 1. The van der Waals surface area contributed by atoms with Gasteiger partial charge >= 0.3 is 11.9 Å². The van der Waals surface area contributed by atoms with Gasteiger partial charge in [-0.2, -0.15) is 0 Å². The quantitative estimate of drug-likeness (QED) is 0.0255. The Morgan fingerprint density at radius 2 is 1.54 bits per heavy atom. The minimum Gasteiger partial charge on any atom is -0.477 e. The van der Waals surface area contributed by atoms with Crippen molar-refractivity contribution in [2.45, 2.75) is 37.0 Å². The molecule has 300 valence electrons. The van der Waals surface area contributed by atoms with E-state index in [-0.39, 0.29) is 17.1 Å². The lowest BCUT2D eigenvalue weighted by Gasteiger charge is -2.49. The lowest BCUT2D eigenvalue weighted by Crippen LogP contribution is -2.71. The van der Waals surface area contributed by atoms with Gasteiger partial charge in [0, 0.05) is 34.8 Å². The molecule has 1 saturated heterocycles. The number of thiazole rings is 1. The van der Waals surface area contributed by atoms with Crippen LogP contribution in [0.2, 0.25) is 0 Å². The van der Waals surface area contributed by atoms with Gasteiger partial charge in [-0.25, -0.2) is 9.78 Å². The van der Waals surface area contributed by atoms with Gasteiger partial charge in [0.2, 0.25) is 0 Å². The number of quaternary nitrogens is 1. The number of fused-ring (bicyclic) bond motifs is 2. The fourth-order valence-electron chi connectivity index (χ4n) is 8.28. The van der Waals surface area contributed by atoms with E-state index in [2.05, 4.69) is 52.2 Å². The number of nitrogens with one attached hydrogen (secondary N) is 2. The maximum absolute atomic E-state index is 13.9. The number of amides is 2. The van der Waals surface area contributed by atoms with Gasteiger partial charge in [-0.1, -0.05) is 96.2 Å². The predicted octanol–water partition coefficient (Wildman–Crippen LogP) is 5.72. The standard InChI is InChI=1S/C44H40N6O7S2/c1-27(51)57-34-20-19-28-22-50(2,23-29(28)21-34)24-30-25-58-41-37(40(53)49(41)38(30)42(54)55)46-39(52)36(48-56-3)35-26-59-43(45-35)47-44(31-13-7-4-8-14-31,32-15-9-5-10-16-32)33-17-11-6-12-18-33/h4-21,26,37,41H,22-25H2,1-3H3,(H2-,45,46,47,52,54,55)/p+1/b48-36-/t37?,41-,50?/m1/s1. The highest BCUT2D eigenvalue weighted by Gasteiger charge is 2.55. The number of aliphatic carboxylic acids is 1. The van der Waals surface area contributed by atoms with Crippen molar-refractivity contribution in [3.8, 4) is 5.75 Å². The molecule has 3 aliphatic rings. The molecule has 15 heteroatoms. The lowest BCUT2D eigenvalue weighted by atomic mass is 9.77. The number of carboxylic acids is 1. The van der Waals surface area contributed by atoms with Crippen molar-refractivity contribution in [1.29, 1.82) is 0 Å². The molecule has 2 amide bonds. The molecule has 5 aromatic rings. The van der Waals surface area contributed by atoms with Crippen LogP contribution in [0.5, 0.6) is 5.75 Å². The number of β-lactam (4-membered cyclic amide) rings is 1. The summed E-state index contributed by atoms with van der Waals surface area (Å²) in [7, 11) is 3.36. The van der Waals surface area contributed by atoms with Crippen LogP contribution in [0, 0.1) is 0 Å². The highest BCUT2D eigenvalue weighted by molar-refractivity contribution is 8.00. The van der Waals surface area contributed by atoms with Crippen LogP contribution < -0.4 is 15.4 Å². The van der Waals surface area contributed by atoms with Gasteiger partial charge in [-0.15, -0.1) is 23.1 Å². The average molecular weight is 830 g/mol. The second-order valence-electron chi connectivity index (χ2n) is 14.9. The van der Waals surface area contributed by atoms with Crippen molar-refractivity contribution in [1.82, 2.24) is 15.2 Å². The van der Waals surface area contributed by atoms with Gasteiger partial charge in [0.1, 0.15) is 60.8 Å². The first-order chi connectivity index (χ1) is 28.5. The van der Waals surface area contributed by atoms with Crippen molar-refractivity contribution in [3.63, 3.8) is 0 Å². The van der Waals surface area contributed by atoms with E-state index in [4.69, 9.17) is 14.6 Å². The molecule has 0 spiro atoms. The van der Waals surface area contributed by atoms with Gasteiger partial charge in [0.05, 0.1) is 7.05 Å². The van der Waals surface area contributed by atoms with Crippen LogP contribution in [0.1, 0.15) is 40.4 Å². The number of hydrogen-bond acceptors (Lipinski definition) is 11. The Morgan fingerprint density at radius 1 is 0.932 bits per heavy atom. The Balaban J connectivity index is 1.01. The Hall–Kier alpha value is -6.29. The van der Waals surface area contributed by atoms with E-state index < -0.39 is 40.7 Å². The summed E-state index contributed by atoms with van der Waals surface area (Å²) in [5.41, 5.74) is 4.86. The number of likely N-dealkylation sites (N-methyl/N-ethyl adjacent to an activating group) is 1. The Kier molecular flexibility index (Phi) is 10.8. The number of aromatic nitrogens is 1. The number of ether oxygens (including phenoxy) is 1. The van der Waals surface area contributed by atoms with Gasteiger partial charge in [0.15, 0.2) is 10.8 Å². The summed E-state index contributed by atoms with van der Waals surface area (Å²) in [5.74, 6) is -2.00. The number of nitrogens with zero attached hydrogens (tertiary/aromatic N) is 4. The van der Waals surface area contributed by atoms with Crippen LogP contribution in [-0.2, 0) is 42.6 Å². The summed E-state index contributed by atoms with van der Waals surface area (Å²) < 4.78 is 5.76. The third-order valence-corrected chi connectivity index (χ3v) is 12.8. The van der Waals surface area contributed by atoms with Crippen molar-refractivity contribution < 1.29 is 38.3 Å². The normalized spacial score (nSPS) is 19.9. The number of rotatable bonds is 13. The first-order valence-corrected chi connectivity index (χ1v) is 20.8. The molecular weight excluding hydrogens is 789 g/mol. The molecule has 3 N–H and O–H groups in total. The lowest BCUT2D eigenvalue weighted by molar-refractivity contribution is -0.924. The van der Waals surface area contributed by atoms with Crippen LogP contribution in [0.25, 0.3) is 0 Å². The molecule has 0 bridgehead atoms. The number of thioether (sulfide) groups is 1. The van der Waals surface area contributed by atoms with E-state index in [9.17, 15) is 24.3 Å². The van der Waals surface area contributed by atoms with Crippen LogP contribution >= 0.6 is 23.1 Å². The number of carbonyl (C=O) groups excluding carboxylic acids is 3. The van der Waals surface area contributed by atoms with Crippen molar-refractivity contribution >= 4 is 57.7 Å². The number of oxime groups is 1. The van der Waals surface area contributed by atoms with E-state index in [1.54, 1.807) is 11.4 Å². The Bertz CT molecular complexity index is 2400. The summed E-state index contributed by atoms with van der Waals surface area (Å²) >= 11 is 2.70. The third kappa shape index (κ3) is 7.59. The molecule has 59 heavy (non-hydrogen) atoms. The number of carbonyl (C=O) groups is 4. The number of carboxylic acid groups (broad SMARTS) is 1. The van der Waals surface area contributed by atoms with Gasteiger partial charge in [0.25, 0.3) is 11.8 Å². The van der Waals surface area contributed by atoms with Gasteiger partial charge in [-0.05, 0) is 34.9 Å². The molecule has 8 rings (SSSR count). The molecule has 0 saturated carbocycles. The second-order valence-corrected chi connectivity index (χ2v) is 16.8. The Labute approximate surface area is 348 Å². The maximum Gasteiger partial charge on any atom is 0.352 e. The van der Waals surface area contributed by atoms with E-state index >= 15 is 0 Å². The number of hydrogen-bond donors (Lipinski definition) is 3.